The van der Waals surface area contributed by atoms with Crippen molar-refractivity contribution in [3.8, 4) is 0 Å². The Hall–Kier alpha value is -1.56. The number of halogens is 3. The van der Waals surface area contributed by atoms with E-state index in [0.29, 0.717) is 6.54 Å². The lowest BCUT2D eigenvalue weighted by atomic mass is 10.3. The molecule has 0 radical (unpaired) electrons. The first kappa shape index (κ1) is 11.9. The smallest absolute Gasteiger partial charge is 0.194 e. The van der Waals surface area contributed by atoms with E-state index in [0.717, 1.165) is 22.8 Å². The molecular weight excluding hydrogens is 249 g/mol. The van der Waals surface area contributed by atoms with Gasteiger partial charge in [0.25, 0.3) is 0 Å². The van der Waals surface area contributed by atoms with Gasteiger partial charge in [-0.3, -0.25) is 0 Å². The first-order chi connectivity index (χ1) is 8.06. The predicted molar refractivity (Wildman–Crippen MR) is 60.5 cm³/mol. The lowest BCUT2D eigenvalue weighted by molar-refractivity contribution is 0.447. The summed E-state index contributed by atoms with van der Waals surface area (Å²) in [4.78, 5) is 4.18. The van der Waals surface area contributed by atoms with E-state index in [2.05, 4.69) is 10.3 Å². The molecule has 0 unspecified atom stereocenters. The van der Waals surface area contributed by atoms with Crippen molar-refractivity contribution in [2.24, 2.45) is 0 Å². The molecule has 0 aliphatic heterocycles. The van der Waals surface area contributed by atoms with Crippen LogP contribution in [-0.4, -0.2) is 4.98 Å². The highest BCUT2D eigenvalue weighted by Gasteiger charge is 2.10. The maximum absolute atomic E-state index is 12.9. The molecule has 0 atom stereocenters. The molecule has 2 aromatic rings. The number of aromatic nitrogens is 1. The molecule has 0 aliphatic rings. The molecule has 0 fully saturated rings. The summed E-state index contributed by atoms with van der Waals surface area (Å²) in [5.74, 6) is -3.87. The van der Waals surface area contributed by atoms with Gasteiger partial charge in [0.15, 0.2) is 17.5 Å². The van der Waals surface area contributed by atoms with E-state index in [1.165, 1.54) is 11.3 Å². The third-order valence-electron chi connectivity index (χ3n) is 2.12. The second kappa shape index (κ2) is 4.75. The minimum absolute atomic E-state index is 0.187. The van der Waals surface area contributed by atoms with Gasteiger partial charge in [0.05, 0.1) is 17.2 Å². The van der Waals surface area contributed by atoms with Crippen molar-refractivity contribution in [3.05, 3.63) is 45.7 Å². The van der Waals surface area contributed by atoms with E-state index in [4.69, 9.17) is 0 Å². The molecule has 17 heavy (non-hydrogen) atoms. The van der Waals surface area contributed by atoms with Crippen molar-refractivity contribution in [2.75, 3.05) is 5.32 Å². The van der Waals surface area contributed by atoms with Gasteiger partial charge in [-0.05, 0) is 6.92 Å². The molecule has 1 heterocycles. The summed E-state index contributed by atoms with van der Waals surface area (Å²) in [5, 5.41) is 5.54. The van der Waals surface area contributed by atoms with Gasteiger partial charge < -0.3 is 5.32 Å². The maximum Gasteiger partial charge on any atom is 0.194 e. The molecule has 2 nitrogen and oxygen atoms in total. The lowest BCUT2D eigenvalue weighted by Gasteiger charge is -2.05. The molecule has 1 N–H and O–H groups in total. The molecule has 6 heteroatoms. The van der Waals surface area contributed by atoms with Gasteiger partial charge in [0, 0.05) is 23.2 Å². The zero-order valence-corrected chi connectivity index (χ0v) is 9.75. The van der Waals surface area contributed by atoms with Gasteiger partial charge >= 0.3 is 0 Å². The van der Waals surface area contributed by atoms with Crippen LogP contribution in [-0.2, 0) is 6.54 Å². The zero-order valence-electron chi connectivity index (χ0n) is 8.93. The fourth-order valence-electron chi connectivity index (χ4n) is 1.34. The largest absolute Gasteiger partial charge is 0.379 e. The van der Waals surface area contributed by atoms with Crippen molar-refractivity contribution in [1.29, 1.82) is 0 Å². The monoisotopic (exact) mass is 258 g/mol. The third kappa shape index (κ3) is 2.76. The summed E-state index contributed by atoms with van der Waals surface area (Å²) in [6, 6.07) is 1.83. The highest BCUT2D eigenvalue weighted by molar-refractivity contribution is 7.09. The van der Waals surface area contributed by atoms with Crippen LogP contribution in [0.3, 0.4) is 0 Å². The van der Waals surface area contributed by atoms with Crippen molar-refractivity contribution in [1.82, 2.24) is 4.98 Å². The van der Waals surface area contributed by atoms with E-state index < -0.39 is 17.5 Å². The first-order valence-corrected chi connectivity index (χ1v) is 5.73. The van der Waals surface area contributed by atoms with Crippen LogP contribution in [0.5, 0.6) is 0 Å². The van der Waals surface area contributed by atoms with Crippen molar-refractivity contribution in [2.45, 2.75) is 13.5 Å². The Bertz CT molecular complexity index is 516. The van der Waals surface area contributed by atoms with Crippen molar-refractivity contribution >= 4 is 17.0 Å². The van der Waals surface area contributed by atoms with Gasteiger partial charge in [0.2, 0.25) is 0 Å². The van der Waals surface area contributed by atoms with Gasteiger partial charge in [0.1, 0.15) is 0 Å². The van der Waals surface area contributed by atoms with Crippen LogP contribution >= 0.6 is 11.3 Å². The fourth-order valence-corrected chi connectivity index (χ4v) is 1.95. The number of anilines is 1. The third-order valence-corrected chi connectivity index (χ3v) is 2.95. The molecule has 0 saturated heterocycles. The molecule has 0 amide bonds. The van der Waals surface area contributed by atoms with Gasteiger partial charge in [-0.1, -0.05) is 0 Å². The Labute approximate surface area is 100 Å². The minimum atomic E-state index is -1.46. The van der Waals surface area contributed by atoms with Crippen LogP contribution in [0, 0.1) is 24.4 Å². The Morgan fingerprint density at radius 1 is 1.24 bits per heavy atom. The molecule has 90 valence electrons. The molecule has 1 aromatic heterocycles. The van der Waals surface area contributed by atoms with Crippen LogP contribution in [0.4, 0.5) is 18.9 Å². The quantitative estimate of drug-likeness (QED) is 0.852. The second-order valence-electron chi connectivity index (χ2n) is 3.47. The van der Waals surface area contributed by atoms with Crippen molar-refractivity contribution in [3.63, 3.8) is 0 Å². The minimum Gasteiger partial charge on any atom is -0.379 e. The Morgan fingerprint density at radius 2 is 1.88 bits per heavy atom. The number of thiazole rings is 1. The normalized spacial score (nSPS) is 10.6. The number of hydrogen-bond acceptors (Lipinski definition) is 3. The molecule has 2 rings (SSSR count). The Kier molecular flexibility index (Phi) is 3.33. The van der Waals surface area contributed by atoms with E-state index in [1.54, 1.807) is 0 Å². The molecule has 1 aromatic carbocycles. The topological polar surface area (TPSA) is 24.9 Å². The second-order valence-corrected chi connectivity index (χ2v) is 4.53. The number of hydrogen-bond donors (Lipinski definition) is 1. The SMILES string of the molecule is Cc1nc(CNc2cc(F)c(F)c(F)c2)cs1. The number of nitrogens with one attached hydrogen (secondary N) is 1. The average molecular weight is 258 g/mol. The molecule has 0 spiro atoms. The fraction of sp³-hybridized carbons (Fsp3) is 0.182. The summed E-state index contributed by atoms with van der Waals surface area (Å²) in [6.07, 6.45) is 0. The maximum atomic E-state index is 12.9. The summed E-state index contributed by atoms with van der Waals surface area (Å²) < 4.78 is 38.5. The summed E-state index contributed by atoms with van der Waals surface area (Å²) in [6.45, 7) is 2.21. The number of benzene rings is 1. The summed E-state index contributed by atoms with van der Waals surface area (Å²) in [7, 11) is 0. The highest BCUT2D eigenvalue weighted by Crippen LogP contribution is 2.18. The summed E-state index contributed by atoms with van der Waals surface area (Å²) >= 11 is 1.49. The van der Waals surface area contributed by atoms with E-state index in [9.17, 15) is 13.2 Å². The Balaban J connectivity index is 2.09. The van der Waals surface area contributed by atoms with E-state index in [-0.39, 0.29) is 5.69 Å². The zero-order chi connectivity index (χ0) is 12.4. The van der Waals surface area contributed by atoms with E-state index in [1.807, 2.05) is 12.3 Å². The Morgan fingerprint density at radius 3 is 2.41 bits per heavy atom. The molecular formula is C11H9F3N2S. The van der Waals surface area contributed by atoms with Crippen LogP contribution in [0.1, 0.15) is 10.7 Å². The number of aryl methyl sites for hydroxylation is 1. The van der Waals surface area contributed by atoms with Gasteiger partial charge in [-0.15, -0.1) is 11.3 Å². The van der Waals surface area contributed by atoms with Gasteiger partial charge in [-0.25, -0.2) is 18.2 Å². The van der Waals surface area contributed by atoms with E-state index >= 15 is 0 Å². The van der Waals surface area contributed by atoms with Crippen LogP contribution in [0.2, 0.25) is 0 Å². The van der Waals surface area contributed by atoms with Crippen LogP contribution in [0.15, 0.2) is 17.5 Å². The molecule has 0 aliphatic carbocycles. The number of nitrogens with zero attached hydrogens (tertiary/aromatic N) is 1. The highest BCUT2D eigenvalue weighted by atomic mass is 32.1. The standard InChI is InChI=1S/C11H9F3N2S/c1-6-16-8(5-17-6)4-15-7-2-9(12)11(14)10(13)3-7/h2-3,5,15H,4H2,1H3. The molecule has 0 bridgehead atoms. The first-order valence-electron chi connectivity index (χ1n) is 4.85. The van der Waals surface area contributed by atoms with Crippen LogP contribution in [0.25, 0.3) is 0 Å². The van der Waals surface area contributed by atoms with Crippen molar-refractivity contribution < 1.29 is 13.2 Å². The van der Waals surface area contributed by atoms with Crippen LogP contribution < -0.4 is 5.32 Å². The predicted octanol–water partition coefficient (Wildman–Crippen LogP) is 3.48. The number of rotatable bonds is 3. The van der Waals surface area contributed by atoms with Gasteiger partial charge in [-0.2, -0.15) is 0 Å². The average Bonchev–Trinajstić information content (AvgIpc) is 2.69. The summed E-state index contributed by atoms with van der Waals surface area (Å²) in [5.41, 5.74) is 0.963. The molecule has 0 saturated carbocycles. The lowest BCUT2D eigenvalue weighted by Crippen LogP contribution is -2.02.